The molecule has 0 radical (unpaired) electrons. The minimum atomic E-state index is -1.21. The van der Waals surface area contributed by atoms with Gasteiger partial charge in [0.25, 0.3) is 0 Å². The van der Waals surface area contributed by atoms with Crippen molar-refractivity contribution < 1.29 is 24.1 Å². The van der Waals surface area contributed by atoms with Gasteiger partial charge in [0, 0.05) is 24.8 Å². The maximum Gasteiger partial charge on any atom is 0.337 e. The van der Waals surface area contributed by atoms with Gasteiger partial charge >= 0.3 is 5.97 Å². The number of allylic oxidation sites excluding steroid dienone is 1. The highest BCUT2D eigenvalue weighted by Crippen LogP contribution is 2.37. The molecule has 42 heavy (non-hydrogen) atoms. The number of aromatic nitrogens is 3. The van der Waals surface area contributed by atoms with Crippen LogP contribution < -0.4 is 4.90 Å². The van der Waals surface area contributed by atoms with Gasteiger partial charge in [0.15, 0.2) is 11.8 Å². The van der Waals surface area contributed by atoms with Gasteiger partial charge in [0.1, 0.15) is 5.82 Å². The summed E-state index contributed by atoms with van der Waals surface area (Å²) in [7, 11) is 0. The van der Waals surface area contributed by atoms with Crippen LogP contribution in [0, 0.1) is 6.92 Å². The predicted octanol–water partition coefficient (Wildman–Crippen LogP) is 5.99. The molecule has 2 aromatic heterocycles. The molecule has 1 aliphatic heterocycles. The number of fused-ring (bicyclic) bond motifs is 1. The van der Waals surface area contributed by atoms with E-state index >= 15 is 0 Å². The number of aliphatic carboxylic acids is 1. The molecule has 1 saturated heterocycles. The van der Waals surface area contributed by atoms with E-state index in [2.05, 4.69) is 37.1 Å². The summed E-state index contributed by atoms with van der Waals surface area (Å²) in [4.78, 5) is 19.6. The Morgan fingerprint density at radius 3 is 2.50 bits per heavy atom. The first-order valence-electron chi connectivity index (χ1n) is 14.5. The minimum absolute atomic E-state index is 0.285. The molecule has 4 rings (SSSR count). The predicted molar refractivity (Wildman–Crippen MR) is 164 cm³/mol. The van der Waals surface area contributed by atoms with E-state index in [1.54, 1.807) is 10.6 Å². The maximum atomic E-state index is 12.6. The van der Waals surface area contributed by atoms with Crippen LogP contribution in [-0.4, -0.2) is 56.6 Å². The molecule has 3 aromatic rings. The highest BCUT2D eigenvalue weighted by Gasteiger charge is 2.37. The topological polar surface area (TPSA) is 98.4 Å². The van der Waals surface area contributed by atoms with Gasteiger partial charge in [-0.1, -0.05) is 36.4 Å². The van der Waals surface area contributed by atoms with E-state index in [-0.39, 0.29) is 12.2 Å². The highest BCUT2D eigenvalue weighted by molar-refractivity contribution is 5.78. The Morgan fingerprint density at radius 1 is 1.14 bits per heavy atom. The zero-order valence-electron chi connectivity index (χ0n) is 25.6. The zero-order valence-corrected chi connectivity index (χ0v) is 25.6. The summed E-state index contributed by atoms with van der Waals surface area (Å²) in [6.07, 6.45) is 4.78. The van der Waals surface area contributed by atoms with Crippen molar-refractivity contribution in [3.05, 3.63) is 83.7 Å². The molecule has 1 unspecified atom stereocenters. The van der Waals surface area contributed by atoms with Crippen molar-refractivity contribution >= 4 is 17.4 Å². The van der Waals surface area contributed by atoms with Crippen LogP contribution in [0.1, 0.15) is 74.7 Å². The Balaban J connectivity index is 1.68. The van der Waals surface area contributed by atoms with Crippen LogP contribution in [0.3, 0.4) is 0 Å². The number of carboxylic acids is 1. The summed E-state index contributed by atoms with van der Waals surface area (Å²) < 4.78 is 20.0. The molecule has 1 aliphatic rings. The van der Waals surface area contributed by atoms with Crippen molar-refractivity contribution in [2.45, 2.75) is 84.4 Å². The first-order valence-corrected chi connectivity index (χ1v) is 14.5. The van der Waals surface area contributed by atoms with Gasteiger partial charge in [0.05, 0.1) is 42.3 Å². The summed E-state index contributed by atoms with van der Waals surface area (Å²) in [6.45, 7) is 19.6. The third-order valence-electron chi connectivity index (χ3n) is 7.37. The maximum absolute atomic E-state index is 12.6. The quantitative estimate of drug-likeness (QED) is 0.248. The number of piperidine rings is 1. The van der Waals surface area contributed by atoms with E-state index in [0.29, 0.717) is 54.7 Å². The molecule has 3 heterocycles. The third-order valence-corrected chi connectivity index (χ3v) is 7.37. The average Bonchev–Trinajstić information content (AvgIpc) is 3.32. The normalized spacial score (nSPS) is 16.0. The number of benzene rings is 1. The number of hydrogen-bond acceptors (Lipinski definition) is 7. The Morgan fingerprint density at radius 2 is 1.86 bits per heavy atom. The number of rotatable bonds is 13. The van der Waals surface area contributed by atoms with Crippen LogP contribution in [0.4, 0.5) is 5.82 Å². The summed E-state index contributed by atoms with van der Waals surface area (Å²) in [6, 6.07) is 10.1. The standard InChI is InChI=1S/C33H44N4O5/c1-8-11-24-12-10-13-25(19-24)21-40-22-26-20-27-34-23(3)28(29(31(38)39)42-32(4,5)6)30(37(27)35-26)36-16-14-33(7,15-17-36)41-18-9-2/h8-10,12-13,19-20,29H,1-2,11,14-18,21-22H2,3-7H3,(H,38,39). The Labute approximate surface area is 248 Å². The molecule has 0 bridgehead atoms. The molecular formula is C33H44N4O5. The summed E-state index contributed by atoms with van der Waals surface area (Å²) in [5.74, 6) is -0.385. The molecule has 1 atom stereocenters. The first-order chi connectivity index (χ1) is 19.9. The molecule has 1 aromatic carbocycles. The molecule has 9 heteroatoms. The molecule has 0 spiro atoms. The minimum Gasteiger partial charge on any atom is -0.479 e. The van der Waals surface area contributed by atoms with Crippen molar-refractivity contribution in [3.8, 4) is 0 Å². The smallest absolute Gasteiger partial charge is 0.337 e. The van der Waals surface area contributed by atoms with Crippen LogP contribution in [0.5, 0.6) is 0 Å². The van der Waals surface area contributed by atoms with Crippen molar-refractivity contribution in [2.75, 3.05) is 24.6 Å². The van der Waals surface area contributed by atoms with Gasteiger partial charge in [-0.15, -0.1) is 13.2 Å². The number of aryl methyl sites for hydroxylation is 1. The second-order valence-electron chi connectivity index (χ2n) is 12.1. The molecule has 0 saturated carbocycles. The molecule has 1 N–H and O–H groups in total. The number of nitrogens with zero attached hydrogens (tertiary/aromatic N) is 4. The molecule has 0 aliphatic carbocycles. The van der Waals surface area contributed by atoms with Crippen molar-refractivity contribution in [3.63, 3.8) is 0 Å². The number of hydrogen-bond donors (Lipinski definition) is 1. The van der Waals surface area contributed by atoms with E-state index in [4.69, 9.17) is 24.3 Å². The van der Waals surface area contributed by atoms with E-state index in [9.17, 15) is 9.90 Å². The summed E-state index contributed by atoms with van der Waals surface area (Å²) >= 11 is 0. The first kappa shape index (κ1) is 31.4. The van der Waals surface area contributed by atoms with E-state index in [0.717, 1.165) is 24.8 Å². The lowest BCUT2D eigenvalue weighted by atomic mass is 9.92. The van der Waals surface area contributed by atoms with Crippen molar-refractivity contribution in [1.82, 2.24) is 14.6 Å². The molecule has 1 fully saturated rings. The monoisotopic (exact) mass is 576 g/mol. The van der Waals surface area contributed by atoms with E-state index < -0.39 is 17.7 Å². The Hall–Kier alpha value is -3.53. The van der Waals surface area contributed by atoms with Crippen LogP contribution in [0.15, 0.2) is 55.6 Å². The average molecular weight is 577 g/mol. The van der Waals surface area contributed by atoms with Crippen LogP contribution in [0.2, 0.25) is 0 Å². The van der Waals surface area contributed by atoms with Gasteiger partial charge in [0.2, 0.25) is 0 Å². The highest BCUT2D eigenvalue weighted by atomic mass is 16.5. The summed E-state index contributed by atoms with van der Waals surface area (Å²) in [5, 5.41) is 15.2. The number of ether oxygens (including phenoxy) is 3. The van der Waals surface area contributed by atoms with Gasteiger partial charge in [-0.3, -0.25) is 0 Å². The molecule has 0 amide bonds. The largest absolute Gasteiger partial charge is 0.479 e. The zero-order chi connectivity index (χ0) is 30.5. The second-order valence-corrected chi connectivity index (χ2v) is 12.1. The third kappa shape index (κ3) is 7.65. The molecule has 9 nitrogen and oxygen atoms in total. The van der Waals surface area contributed by atoms with Crippen molar-refractivity contribution in [1.29, 1.82) is 0 Å². The number of anilines is 1. The van der Waals surface area contributed by atoms with Crippen LogP contribution >= 0.6 is 0 Å². The van der Waals surface area contributed by atoms with Gasteiger partial charge in [-0.2, -0.15) is 9.61 Å². The fourth-order valence-corrected chi connectivity index (χ4v) is 5.31. The lowest BCUT2D eigenvalue weighted by molar-refractivity contribution is -0.160. The van der Waals surface area contributed by atoms with Gasteiger partial charge in [-0.05, 0) is 65.0 Å². The Kier molecular flexibility index (Phi) is 9.86. The van der Waals surface area contributed by atoms with Crippen LogP contribution in [0.25, 0.3) is 5.65 Å². The van der Waals surface area contributed by atoms with Gasteiger partial charge in [-0.25, -0.2) is 9.78 Å². The molecular weight excluding hydrogens is 532 g/mol. The lowest BCUT2D eigenvalue weighted by Crippen LogP contribution is -2.45. The fourth-order valence-electron chi connectivity index (χ4n) is 5.31. The lowest BCUT2D eigenvalue weighted by Gasteiger charge is -2.41. The SMILES string of the molecule is C=CCOC1(C)CCN(c2c(C(OC(C)(C)C)C(=O)O)c(C)nc3cc(COCc4cccc(CC=C)c4)nn23)CC1. The summed E-state index contributed by atoms with van der Waals surface area (Å²) in [5.41, 5.74) is 3.74. The number of carbonyl (C=O) groups is 1. The van der Waals surface area contributed by atoms with E-state index in [1.807, 2.05) is 52.0 Å². The van der Waals surface area contributed by atoms with Gasteiger partial charge < -0.3 is 24.2 Å². The van der Waals surface area contributed by atoms with Crippen LogP contribution in [-0.2, 0) is 38.6 Å². The fraction of sp³-hybridized carbons (Fsp3) is 0.485. The van der Waals surface area contributed by atoms with Crippen molar-refractivity contribution in [2.24, 2.45) is 0 Å². The molecule has 226 valence electrons. The van der Waals surface area contributed by atoms with E-state index in [1.165, 1.54) is 5.56 Å². The number of carboxylic acid groups (broad SMARTS) is 1. The Bertz CT molecular complexity index is 1420. The second kappa shape index (κ2) is 13.2.